The van der Waals surface area contributed by atoms with Gasteiger partial charge in [-0.05, 0) is 33.6 Å². The lowest BCUT2D eigenvalue weighted by atomic mass is 10.1. The van der Waals surface area contributed by atoms with Crippen molar-refractivity contribution in [3.8, 4) is 0 Å². The first-order valence-electron chi connectivity index (χ1n) is 5.05. The second kappa shape index (κ2) is 6.07. The zero-order chi connectivity index (χ0) is 12.1. The van der Waals surface area contributed by atoms with E-state index < -0.39 is 21.2 Å². The monoisotopic (exact) mass is 236 g/mol. The lowest BCUT2D eigenvalue weighted by Gasteiger charge is -2.09. The number of nitrogens with one attached hydrogen (secondary N) is 1. The largest absolute Gasteiger partial charge is 0.328 e. The van der Waals surface area contributed by atoms with Gasteiger partial charge in [0.2, 0.25) is 15.9 Å². The topological polar surface area (TPSA) is 89.3 Å². The summed E-state index contributed by atoms with van der Waals surface area (Å²) in [5.74, 6) is -0.454. The summed E-state index contributed by atoms with van der Waals surface area (Å²) in [5.41, 5.74) is 5.50. The molecule has 0 aliphatic carbocycles. The number of rotatable bonds is 6. The summed E-state index contributed by atoms with van der Waals surface area (Å²) in [6, 6.07) is 0.0412. The van der Waals surface area contributed by atoms with Crippen LogP contribution in [0.25, 0.3) is 0 Å². The lowest BCUT2D eigenvalue weighted by molar-refractivity contribution is -0.119. The first-order chi connectivity index (χ1) is 6.75. The van der Waals surface area contributed by atoms with Gasteiger partial charge in [-0.25, -0.2) is 8.42 Å². The summed E-state index contributed by atoms with van der Waals surface area (Å²) in [5, 5.41) is -0.588. The Morgan fingerprint density at radius 3 is 2.27 bits per heavy atom. The second-order valence-electron chi connectivity index (χ2n) is 3.99. The van der Waals surface area contributed by atoms with Crippen molar-refractivity contribution in [1.82, 2.24) is 4.72 Å². The van der Waals surface area contributed by atoms with E-state index in [-0.39, 0.29) is 12.5 Å². The molecule has 0 aliphatic heterocycles. The molecule has 1 unspecified atom stereocenters. The van der Waals surface area contributed by atoms with Crippen molar-refractivity contribution < 1.29 is 13.2 Å². The summed E-state index contributed by atoms with van der Waals surface area (Å²) in [4.78, 5) is 11.2. The van der Waals surface area contributed by atoms with Crippen LogP contribution in [0.3, 0.4) is 0 Å². The van der Waals surface area contributed by atoms with Gasteiger partial charge in [-0.3, -0.25) is 9.52 Å². The number of carbonyl (C=O) groups is 1. The fourth-order valence-electron chi connectivity index (χ4n) is 0.912. The van der Waals surface area contributed by atoms with Crippen LogP contribution in [-0.2, 0) is 14.8 Å². The van der Waals surface area contributed by atoms with Crippen molar-refractivity contribution in [3.05, 3.63) is 0 Å². The highest BCUT2D eigenvalue weighted by Gasteiger charge is 2.18. The number of carbonyl (C=O) groups excluding carboxylic acids is 1. The van der Waals surface area contributed by atoms with Gasteiger partial charge in [-0.1, -0.05) is 0 Å². The van der Waals surface area contributed by atoms with E-state index >= 15 is 0 Å². The summed E-state index contributed by atoms with van der Waals surface area (Å²) in [6.07, 6.45) is 1.53. The van der Waals surface area contributed by atoms with Crippen LogP contribution in [0.15, 0.2) is 0 Å². The number of hydrogen-bond acceptors (Lipinski definition) is 4. The van der Waals surface area contributed by atoms with Crippen LogP contribution < -0.4 is 10.5 Å². The predicted molar refractivity (Wildman–Crippen MR) is 59.7 cm³/mol. The van der Waals surface area contributed by atoms with E-state index in [0.717, 1.165) is 6.42 Å². The molecule has 0 aromatic heterocycles. The molecule has 0 aromatic carbocycles. The van der Waals surface area contributed by atoms with E-state index in [1.54, 1.807) is 0 Å². The first-order valence-corrected chi connectivity index (χ1v) is 6.60. The Morgan fingerprint density at radius 1 is 1.33 bits per heavy atom. The Hall–Kier alpha value is -0.620. The van der Waals surface area contributed by atoms with Gasteiger partial charge in [0.25, 0.3) is 0 Å². The van der Waals surface area contributed by atoms with Crippen molar-refractivity contribution >= 4 is 15.9 Å². The molecule has 1 amide bonds. The second-order valence-corrected chi connectivity index (χ2v) is 6.23. The normalized spacial score (nSPS) is 13.9. The average molecular weight is 236 g/mol. The van der Waals surface area contributed by atoms with Gasteiger partial charge >= 0.3 is 0 Å². The Labute approximate surface area is 91.5 Å². The number of hydrogen-bond donors (Lipinski definition) is 2. The van der Waals surface area contributed by atoms with Gasteiger partial charge in [-0.15, -0.1) is 0 Å². The molecular formula is C9H20N2O3S. The van der Waals surface area contributed by atoms with Crippen molar-refractivity contribution in [3.63, 3.8) is 0 Å². The van der Waals surface area contributed by atoms with Crippen LogP contribution in [0.4, 0.5) is 0 Å². The SMILES string of the molecule is CC(N)CCCC(=O)NS(=O)(=O)C(C)C. The van der Waals surface area contributed by atoms with Crippen LogP contribution in [0, 0.1) is 0 Å². The molecule has 90 valence electrons. The van der Waals surface area contributed by atoms with Crippen molar-refractivity contribution in [2.24, 2.45) is 5.73 Å². The Kier molecular flexibility index (Phi) is 5.82. The molecule has 0 aromatic rings. The minimum absolute atomic E-state index is 0.0412. The highest BCUT2D eigenvalue weighted by Crippen LogP contribution is 2.01. The summed E-state index contributed by atoms with van der Waals surface area (Å²) < 4.78 is 24.6. The maximum absolute atomic E-state index is 11.3. The Bertz CT molecular complexity index is 296. The van der Waals surface area contributed by atoms with Crippen LogP contribution in [0.2, 0.25) is 0 Å². The highest BCUT2D eigenvalue weighted by atomic mass is 32.2. The Morgan fingerprint density at radius 2 is 1.87 bits per heavy atom. The molecule has 0 aliphatic rings. The molecule has 0 heterocycles. The number of nitrogens with two attached hydrogens (primary N) is 1. The standard InChI is InChI=1S/C9H20N2O3S/c1-7(2)15(13,14)11-9(12)6-4-5-8(3)10/h7-8H,4-6,10H2,1-3H3,(H,11,12). The van der Waals surface area contributed by atoms with Gasteiger partial charge in [0.1, 0.15) is 0 Å². The van der Waals surface area contributed by atoms with Crippen LogP contribution in [-0.4, -0.2) is 25.6 Å². The summed E-state index contributed by atoms with van der Waals surface area (Å²) >= 11 is 0. The maximum atomic E-state index is 11.3. The zero-order valence-corrected chi connectivity index (χ0v) is 10.3. The highest BCUT2D eigenvalue weighted by molar-refractivity contribution is 7.90. The molecule has 0 saturated carbocycles. The molecule has 1 atom stereocenters. The van der Waals surface area contributed by atoms with E-state index in [4.69, 9.17) is 5.73 Å². The van der Waals surface area contributed by atoms with Crippen molar-refractivity contribution in [2.75, 3.05) is 0 Å². The fourth-order valence-corrected chi connectivity index (χ4v) is 1.57. The summed E-state index contributed by atoms with van der Waals surface area (Å²) in [6.45, 7) is 4.90. The third-order valence-corrected chi connectivity index (χ3v) is 3.69. The van der Waals surface area contributed by atoms with Gasteiger partial charge < -0.3 is 5.73 Å². The molecule has 3 N–H and O–H groups in total. The van der Waals surface area contributed by atoms with Gasteiger partial charge in [-0.2, -0.15) is 0 Å². The smallest absolute Gasteiger partial charge is 0.237 e. The molecule has 0 bridgehead atoms. The molecule has 0 fully saturated rings. The van der Waals surface area contributed by atoms with E-state index in [9.17, 15) is 13.2 Å². The molecule has 6 heteroatoms. The molecule has 0 rings (SSSR count). The third-order valence-electron chi connectivity index (χ3n) is 1.94. The van der Waals surface area contributed by atoms with Gasteiger partial charge in [0.05, 0.1) is 5.25 Å². The third kappa shape index (κ3) is 6.46. The minimum atomic E-state index is -3.48. The zero-order valence-electron chi connectivity index (χ0n) is 9.49. The van der Waals surface area contributed by atoms with Gasteiger partial charge in [0, 0.05) is 12.5 Å². The summed E-state index contributed by atoms with van der Waals surface area (Å²) in [7, 11) is -3.48. The molecular weight excluding hydrogens is 216 g/mol. The van der Waals surface area contributed by atoms with E-state index in [0.29, 0.717) is 6.42 Å². The number of amides is 1. The molecule has 0 saturated heterocycles. The molecule has 5 nitrogen and oxygen atoms in total. The van der Waals surface area contributed by atoms with E-state index in [1.165, 1.54) is 13.8 Å². The average Bonchev–Trinajstić information content (AvgIpc) is 2.01. The first kappa shape index (κ1) is 14.4. The van der Waals surface area contributed by atoms with Crippen LogP contribution >= 0.6 is 0 Å². The van der Waals surface area contributed by atoms with Crippen molar-refractivity contribution in [1.29, 1.82) is 0 Å². The number of sulfonamides is 1. The minimum Gasteiger partial charge on any atom is -0.328 e. The maximum Gasteiger partial charge on any atom is 0.237 e. The lowest BCUT2D eigenvalue weighted by Crippen LogP contribution is -2.35. The predicted octanol–water partition coefficient (Wildman–Crippen LogP) is 0.358. The molecule has 15 heavy (non-hydrogen) atoms. The molecule has 0 spiro atoms. The van der Waals surface area contributed by atoms with Crippen molar-refractivity contribution in [2.45, 2.75) is 51.3 Å². The quantitative estimate of drug-likeness (QED) is 0.696. The van der Waals surface area contributed by atoms with Crippen LogP contribution in [0.1, 0.15) is 40.0 Å². The van der Waals surface area contributed by atoms with Crippen LogP contribution in [0.5, 0.6) is 0 Å². The molecule has 0 radical (unpaired) electrons. The fraction of sp³-hybridized carbons (Fsp3) is 0.889. The van der Waals surface area contributed by atoms with E-state index in [2.05, 4.69) is 0 Å². The van der Waals surface area contributed by atoms with Gasteiger partial charge in [0.15, 0.2) is 0 Å². The van der Waals surface area contributed by atoms with E-state index in [1.807, 2.05) is 11.6 Å². The Balaban J connectivity index is 3.95.